The fourth-order valence-electron chi connectivity index (χ4n) is 1.39. The average Bonchev–Trinajstić information content (AvgIpc) is 2.41. The Bertz CT molecular complexity index is 531. The second-order valence-corrected chi connectivity index (χ2v) is 4.58. The summed E-state index contributed by atoms with van der Waals surface area (Å²) in [5.74, 6) is 0.124. The highest BCUT2D eigenvalue weighted by atomic mass is 79.9. The van der Waals surface area contributed by atoms with Gasteiger partial charge in [0.1, 0.15) is 18.2 Å². The molecular formula is C13H12BrFN2O. The van der Waals surface area contributed by atoms with Crippen LogP contribution in [0.1, 0.15) is 11.3 Å². The van der Waals surface area contributed by atoms with E-state index in [1.54, 1.807) is 18.3 Å². The average molecular weight is 311 g/mol. The number of aromatic nitrogens is 1. The minimum absolute atomic E-state index is 0.298. The first-order chi connectivity index (χ1) is 8.69. The third kappa shape index (κ3) is 3.27. The number of benzene rings is 1. The lowest BCUT2D eigenvalue weighted by atomic mass is 10.2. The lowest BCUT2D eigenvalue weighted by Crippen LogP contribution is -2.01. The van der Waals surface area contributed by atoms with E-state index < -0.39 is 0 Å². The van der Waals surface area contributed by atoms with Crippen LogP contribution < -0.4 is 10.5 Å². The van der Waals surface area contributed by atoms with Crippen molar-refractivity contribution in [2.45, 2.75) is 13.2 Å². The van der Waals surface area contributed by atoms with Gasteiger partial charge < -0.3 is 10.5 Å². The van der Waals surface area contributed by atoms with Crippen LogP contribution in [0.2, 0.25) is 0 Å². The molecular weight excluding hydrogens is 299 g/mol. The van der Waals surface area contributed by atoms with Crippen molar-refractivity contribution in [1.29, 1.82) is 0 Å². The van der Waals surface area contributed by atoms with E-state index >= 15 is 0 Å². The molecule has 5 heteroatoms. The summed E-state index contributed by atoms with van der Waals surface area (Å²) < 4.78 is 19.1. The second-order valence-electron chi connectivity index (χ2n) is 3.73. The van der Waals surface area contributed by atoms with Crippen LogP contribution in [0.5, 0.6) is 5.75 Å². The summed E-state index contributed by atoms with van der Waals surface area (Å²) in [6.07, 6.45) is 1.71. The van der Waals surface area contributed by atoms with E-state index in [4.69, 9.17) is 10.5 Å². The highest BCUT2D eigenvalue weighted by Crippen LogP contribution is 2.21. The zero-order valence-electron chi connectivity index (χ0n) is 9.57. The van der Waals surface area contributed by atoms with E-state index in [-0.39, 0.29) is 5.82 Å². The molecule has 0 bridgehead atoms. The van der Waals surface area contributed by atoms with Crippen LogP contribution in [0.25, 0.3) is 0 Å². The van der Waals surface area contributed by atoms with Crippen molar-refractivity contribution < 1.29 is 9.13 Å². The first-order valence-corrected chi connectivity index (χ1v) is 6.20. The SMILES string of the molecule is NCc1ccc(COc2ccc(Br)c(F)c2)nc1. The molecule has 0 aliphatic rings. The molecule has 1 aromatic carbocycles. The summed E-state index contributed by atoms with van der Waals surface area (Å²) in [6.45, 7) is 0.762. The van der Waals surface area contributed by atoms with Gasteiger partial charge in [-0.25, -0.2) is 4.39 Å². The summed E-state index contributed by atoms with van der Waals surface area (Å²) in [5, 5.41) is 0. The van der Waals surface area contributed by atoms with Gasteiger partial charge in [-0.15, -0.1) is 0 Å². The zero-order valence-corrected chi connectivity index (χ0v) is 11.2. The third-order valence-corrected chi connectivity index (χ3v) is 3.04. The Balaban J connectivity index is 1.99. The van der Waals surface area contributed by atoms with E-state index in [1.165, 1.54) is 6.07 Å². The van der Waals surface area contributed by atoms with Gasteiger partial charge in [0.05, 0.1) is 10.2 Å². The van der Waals surface area contributed by atoms with Gasteiger partial charge in [0.2, 0.25) is 0 Å². The molecule has 2 rings (SSSR count). The minimum Gasteiger partial charge on any atom is -0.487 e. The molecule has 0 spiro atoms. The summed E-state index contributed by atoms with van der Waals surface area (Å²) in [4.78, 5) is 4.20. The van der Waals surface area contributed by atoms with Crippen molar-refractivity contribution in [3.8, 4) is 5.75 Å². The lowest BCUT2D eigenvalue weighted by molar-refractivity contribution is 0.299. The zero-order chi connectivity index (χ0) is 13.0. The molecule has 2 N–H and O–H groups in total. The molecule has 0 aliphatic carbocycles. The van der Waals surface area contributed by atoms with Crippen molar-refractivity contribution in [2.75, 3.05) is 0 Å². The Morgan fingerprint density at radius 1 is 1.28 bits per heavy atom. The van der Waals surface area contributed by atoms with E-state index in [9.17, 15) is 4.39 Å². The topological polar surface area (TPSA) is 48.1 Å². The number of nitrogens with zero attached hydrogens (tertiary/aromatic N) is 1. The number of nitrogens with two attached hydrogens (primary N) is 1. The number of rotatable bonds is 4. The summed E-state index contributed by atoms with van der Waals surface area (Å²) in [5.41, 5.74) is 7.22. The fraction of sp³-hybridized carbons (Fsp3) is 0.154. The van der Waals surface area contributed by atoms with Gasteiger partial charge in [0.25, 0.3) is 0 Å². The predicted octanol–water partition coefficient (Wildman–Crippen LogP) is 3.02. The van der Waals surface area contributed by atoms with Gasteiger partial charge in [0.15, 0.2) is 0 Å². The van der Waals surface area contributed by atoms with Crippen LogP contribution >= 0.6 is 15.9 Å². The number of ether oxygens (including phenoxy) is 1. The van der Waals surface area contributed by atoms with Crippen LogP contribution in [-0.4, -0.2) is 4.98 Å². The molecule has 0 atom stereocenters. The Hall–Kier alpha value is -1.46. The monoisotopic (exact) mass is 310 g/mol. The van der Waals surface area contributed by atoms with Crippen LogP contribution in [0.4, 0.5) is 4.39 Å². The smallest absolute Gasteiger partial charge is 0.141 e. The van der Waals surface area contributed by atoms with Gasteiger partial charge >= 0.3 is 0 Å². The van der Waals surface area contributed by atoms with Crippen molar-refractivity contribution >= 4 is 15.9 Å². The maximum absolute atomic E-state index is 13.2. The maximum Gasteiger partial charge on any atom is 0.141 e. The number of hydrogen-bond donors (Lipinski definition) is 1. The first-order valence-electron chi connectivity index (χ1n) is 5.41. The van der Waals surface area contributed by atoms with E-state index in [0.29, 0.717) is 23.4 Å². The number of halogens is 2. The minimum atomic E-state index is -0.348. The quantitative estimate of drug-likeness (QED) is 0.944. The van der Waals surface area contributed by atoms with E-state index in [0.717, 1.165) is 11.3 Å². The fourth-order valence-corrected chi connectivity index (χ4v) is 1.63. The molecule has 2 aromatic rings. The maximum atomic E-state index is 13.2. The molecule has 94 valence electrons. The largest absolute Gasteiger partial charge is 0.487 e. The van der Waals surface area contributed by atoms with Crippen molar-refractivity contribution in [3.63, 3.8) is 0 Å². The van der Waals surface area contributed by atoms with Crippen LogP contribution in [0.15, 0.2) is 41.0 Å². The predicted molar refractivity (Wildman–Crippen MR) is 70.6 cm³/mol. The molecule has 0 fully saturated rings. The van der Waals surface area contributed by atoms with Crippen molar-refractivity contribution in [3.05, 3.63) is 58.1 Å². The van der Waals surface area contributed by atoms with Gasteiger partial charge in [-0.05, 0) is 39.7 Å². The second kappa shape index (κ2) is 5.93. The molecule has 18 heavy (non-hydrogen) atoms. The molecule has 0 saturated heterocycles. The Kier molecular flexibility index (Phi) is 4.28. The van der Waals surface area contributed by atoms with Crippen LogP contribution in [0.3, 0.4) is 0 Å². The van der Waals surface area contributed by atoms with E-state index in [2.05, 4.69) is 20.9 Å². The van der Waals surface area contributed by atoms with Crippen LogP contribution in [-0.2, 0) is 13.2 Å². The van der Waals surface area contributed by atoms with Crippen molar-refractivity contribution in [2.24, 2.45) is 5.73 Å². The summed E-state index contributed by atoms with van der Waals surface area (Å²) in [6, 6.07) is 8.38. The first kappa shape index (κ1) is 13.0. The molecule has 0 saturated carbocycles. The molecule has 1 aromatic heterocycles. The molecule has 1 heterocycles. The molecule has 0 unspecified atom stereocenters. The third-order valence-electron chi connectivity index (χ3n) is 2.40. The summed E-state index contributed by atoms with van der Waals surface area (Å²) in [7, 11) is 0. The van der Waals surface area contributed by atoms with Crippen LogP contribution in [0, 0.1) is 5.82 Å². The van der Waals surface area contributed by atoms with E-state index in [1.807, 2.05) is 12.1 Å². The highest BCUT2D eigenvalue weighted by Gasteiger charge is 2.02. The van der Waals surface area contributed by atoms with Gasteiger partial charge in [-0.1, -0.05) is 6.07 Å². The van der Waals surface area contributed by atoms with Gasteiger partial charge in [-0.3, -0.25) is 4.98 Å². The molecule has 0 aliphatic heterocycles. The Morgan fingerprint density at radius 2 is 2.11 bits per heavy atom. The standard InChI is InChI=1S/C13H12BrFN2O/c14-12-4-3-11(5-13(12)15)18-8-10-2-1-9(6-16)7-17-10/h1-5,7H,6,8,16H2. The molecule has 0 radical (unpaired) electrons. The number of hydrogen-bond acceptors (Lipinski definition) is 3. The normalized spacial score (nSPS) is 10.4. The van der Waals surface area contributed by atoms with Gasteiger partial charge in [-0.2, -0.15) is 0 Å². The Morgan fingerprint density at radius 3 is 2.72 bits per heavy atom. The highest BCUT2D eigenvalue weighted by molar-refractivity contribution is 9.10. The Labute approximate surface area is 113 Å². The molecule has 3 nitrogen and oxygen atoms in total. The molecule has 0 amide bonds. The van der Waals surface area contributed by atoms with Gasteiger partial charge in [0, 0.05) is 18.8 Å². The van der Waals surface area contributed by atoms with Crippen molar-refractivity contribution in [1.82, 2.24) is 4.98 Å². The lowest BCUT2D eigenvalue weighted by Gasteiger charge is -2.06. The number of pyridine rings is 1. The summed E-state index contributed by atoms with van der Waals surface area (Å²) >= 11 is 3.09.